The summed E-state index contributed by atoms with van der Waals surface area (Å²) in [4.78, 5) is 27.4. The second kappa shape index (κ2) is 10.2. The number of anilines is 2. The van der Waals surface area contributed by atoms with Gasteiger partial charge in [-0.05, 0) is 55.2 Å². The second-order valence-corrected chi connectivity index (χ2v) is 9.52. The number of pyridine rings is 1. The minimum atomic E-state index is -0.850. The number of rotatable bonds is 6. The molecule has 3 aromatic heterocycles. The number of aromatic amines is 1. The van der Waals surface area contributed by atoms with Gasteiger partial charge in [0.25, 0.3) is 0 Å². The molecule has 6 rings (SSSR count). The summed E-state index contributed by atoms with van der Waals surface area (Å²) in [5, 5.41) is 17.0. The SMILES string of the molecule is O=C(O)N1CCN(Cc2ccnc(Nc3nc4ccc(-c5ccnn5C5CCCCO5)cc4[nH]3)c2)CC1. The van der Waals surface area contributed by atoms with E-state index in [1.165, 1.54) is 4.90 Å². The van der Waals surface area contributed by atoms with Gasteiger partial charge >= 0.3 is 6.09 Å². The Hall–Kier alpha value is -3.96. The lowest BCUT2D eigenvalue weighted by molar-refractivity contribution is -0.0383. The van der Waals surface area contributed by atoms with E-state index in [1.54, 1.807) is 6.20 Å². The van der Waals surface area contributed by atoms with Gasteiger partial charge in [0, 0.05) is 57.3 Å². The first-order valence-electron chi connectivity index (χ1n) is 12.7. The summed E-state index contributed by atoms with van der Waals surface area (Å²) >= 11 is 0. The number of benzene rings is 1. The highest BCUT2D eigenvalue weighted by Crippen LogP contribution is 2.30. The molecule has 1 aromatic carbocycles. The summed E-state index contributed by atoms with van der Waals surface area (Å²) in [5.41, 5.74) is 4.97. The number of ether oxygens (including phenoxy) is 1. The fourth-order valence-corrected chi connectivity index (χ4v) is 5.03. The van der Waals surface area contributed by atoms with Crippen molar-refractivity contribution >= 4 is 28.9 Å². The summed E-state index contributed by atoms with van der Waals surface area (Å²) in [7, 11) is 0. The molecule has 2 aliphatic rings. The van der Waals surface area contributed by atoms with Gasteiger partial charge in [-0.15, -0.1) is 0 Å². The van der Waals surface area contributed by atoms with Crippen molar-refractivity contribution in [2.45, 2.75) is 32.0 Å². The third-order valence-electron chi connectivity index (χ3n) is 7.00. The number of aromatic nitrogens is 5. The highest BCUT2D eigenvalue weighted by Gasteiger charge is 2.21. The van der Waals surface area contributed by atoms with Crippen molar-refractivity contribution in [3.8, 4) is 11.3 Å². The van der Waals surface area contributed by atoms with E-state index in [1.807, 2.05) is 35.1 Å². The Morgan fingerprint density at radius 3 is 2.81 bits per heavy atom. The standard InChI is InChI=1S/C26H30N8O3/c35-26(36)33-12-10-32(11-13-33)17-18-6-8-27-23(15-18)31-25-29-20-5-4-19(16-21(20)30-25)22-7-9-28-34(22)24-3-1-2-14-37-24/h4-9,15-16,24H,1-3,10-14,17H2,(H,35,36)(H2,27,29,30,31). The molecule has 2 aliphatic heterocycles. The van der Waals surface area contributed by atoms with E-state index in [9.17, 15) is 4.79 Å². The molecule has 0 aliphatic carbocycles. The van der Waals surface area contributed by atoms with Crippen LogP contribution in [0, 0.1) is 0 Å². The lowest BCUT2D eigenvalue weighted by Gasteiger charge is -2.33. The Morgan fingerprint density at radius 1 is 1.11 bits per heavy atom. The zero-order valence-electron chi connectivity index (χ0n) is 20.5. The molecule has 2 fully saturated rings. The molecule has 1 unspecified atom stereocenters. The van der Waals surface area contributed by atoms with Gasteiger partial charge < -0.3 is 25.0 Å². The van der Waals surface area contributed by atoms with Crippen LogP contribution in [-0.2, 0) is 11.3 Å². The van der Waals surface area contributed by atoms with Crippen LogP contribution in [0.25, 0.3) is 22.3 Å². The van der Waals surface area contributed by atoms with Crippen LogP contribution in [0.2, 0.25) is 0 Å². The summed E-state index contributed by atoms with van der Waals surface area (Å²) in [6, 6.07) is 12.2. The average Bonchev–Trinajstić information content (AvgIpc) is 3.56. The van der Waals surface area contributed by atoms with E-state index < -0.39 is 6.09 Å². The molecule has 37 heavy (non-hydrogen) atoms. The van der Waals surface area contributed by atoms with Gasteiger partial charge in [-0.1, -0.05) is 6.07 Å². The number of carbonyl (C=O) groups is 1. The van der Waals surface area contributed by atoms with Crippen LogP contribution >= 0.6 is 0 Å². The fourth-order valence-electron chi connectivity index (χ4n) is 5.03. The minimum absolute atomic E-state index is 0.0205. The molecule has 4 aromatic rings. The normalized spacial score (nSPS) is 18.8. The molecule has 192 valence electrons. The predicted molar refractivity (Wildman–Crippen MR) is 139 cm³/mol. The monoisotopic (exact) mass is 502 g/mol. The molecule has 2 saturated heterocycles. The van der Waals surface area contributed by atoms with E-state index in [4.69, 9.17) is 9.84 Å². The summed E-state index contributed by atoms with van der Waals surface area (Å²) in [6.07, 6.45) is 5.95. The van der Waals surface area contributed by atoms with E-state index >= 15 is 0 Å². The van der Waals surface area contributed by atoms with Crippen molar-refractivity contribution in [3.05, 3.63) is 54.4 Å². The van der Waals surface area contributed by atoms with Crippen LogP contribution in [0.3, 0.4) is 0 Å². The molecule has 3 N–H and O–H groups in total. The van der Waals surface area contributed by atoms with Crippen molar-refractivity contribution < 1.29 is 14.6 Å². The Kier molecular flexibility index (Phi) is 6.46. The number of hydrogen-bond acceptors (Lipinski definition) is 7. The van der Waals surface area contributed by atoms with Crippen molar-refractivity contribution in [1.82, 2.24) is 34.5 Å². The number of piperazine rings is 1. The molecule has 0 saturated carbocycles. The maximum Gasteiger partial charge on any atom is 0.407 e. The Labute approximate surface area is 214 Å². The minimum Gasteiger partial charge on any atom is -0.465 e. The Bertz CT molecular complexity index is 1390. The molecule has 1 amide bonds. The summed E-state index contributed by atoms with van der Waals surface area (Å²) in [6.45, 7) is 4.01. The lowest BCUT2D eigenvalue weighted by atomic mass is 10.1. The third-order valence-corrected chi connectivity index (χ3v) is 7.00. The van der Waals surface area contributed by atoms with Gasteiger partial charge in [0.1, 0.15) is 5.82 Å². The van der Waals surface area contributed by atoms with Crippen LogP contribution in [-0.4, -0.2) is 78.5 Å². The fraction of sp³-hybridized carbons (Fsp3) is 0.385. The van der Waals surface area contributed by atoms with E-state index in [2.05, 4.69) is 42.4 Å². The largest absolute Gasteiger partial charge is 0.465 e. The maximum absolute atomic E-state index is 11.1. The van der Waals surface area contributed by atoms with Gasteiger partial charge in [0.2, 0.25) is 5.95 Å². The van der Waals surface area contributed by atoms with Crippen LogP contribution in [0.4, 0.5) is 16.6 Å². The van der Waals surface area contributed by atoms with Crippen LogP contribution < -0.4 is 5.32 Å². The first-order valence-corrected chi connectivity index (χ1v) is 12.7. The van der Waals surface area contributed by atoms with Crippen molar-refractivity contribution in [3.63, 3.8) is 0 Å². The number of fused-ring (bicyclic) bond motifs is 1. The molecule has 11 heteroatoms. The molecule has 1 atom stereocenters. The first kappa shape index (κ1) is 23.4. The van der Waals surface area contributed by atoms with Crippen molar-refractivity contribution in [1.29, 1.82) is 0 Å². The van der Waals surface area contributed by atoms with Gasteiger partial charge in [-0.25, -0.2) is 19.4 Å². The molecule has 0 spiro atoms. The van der Waals surface area contributed by atoms with Gasteiger partial charge in [0.15, 0.2) is 6.23 Å². The van der Waals surface area contributed by atoms with Crippen LogP contribution in [0.15, 0.2) is 48.8 Å². The molecule has 5 heterocycles. The number of hydrogen-bond donors (Lipinski definition) is 3. The predicted octanol–water partition coefficient (Wildman–Crippen LogP) is 4.06. The average molecular weight is 503 g/mol. The molecular formula is C26H30N8O3. The Balaban J connectivity index is 1.15. The molecular weight excluding hydrogens is 472 g/mol. The number of H-pyrrole nitrogens is 1. The number of amides is 1. The summed E-state index contributed by atoms with van der Waals surface area (Å²) < 4.78 is 7.93. The van der Waals surface area contributed by atoms with E-state index in [0.717, 1.165) is 73.4 Å². The highest BCUT2D eigenvalue weighted by molar-refractivity contribution is 5.83. The zero-order valence-corrected chi connectivity index (χ0v) is 20.5. The van der Waals surface area contributed by atoms with Crippen LogP contribution in [0.1, 0.15) is 31.1 Å². The lowest BCUT2D eigenvalue weighted by Crippen LogP contribution is -2.47. The molecule has 0 radical (unpaired) electrons. The van der Waals surface area contributed by atoms with E-state index in [-0.39, 0.29) is 6.23 Å². The van der Waals surface area contributed by atoms with Crippen molar-refractivity contribution in [2.24, 2.45) is 0 Å². The quantitative estimate of drug-likeness (QED) is 0.361. The highest BCUT2D eigenvalue weighted by atomic mass is 16.5. The number of nitrogens with zero attached hydrogens (tertiary/aromatic N) is 6. The van der Waals surface area contributed by atoms with Gasteiger partial charge in [-0.3, -0.25) is 4.90 Å². The molecule has 11 nitrogen and oxygen atoms in total. The second-order valence-electron chi connectivity index (χ2n) is 9.52. The van der Waals surface area contributed by atoms with Crippen molar-refractivity contribution in [2.75, 3.05) is 38.1 Å². The number of carboxylic acid groups (broad SMARTS) is 1. The number of nitrogens with one attached hydrogen (secondary N) is 2. The van der Waals surface area contributed by atoms with Gasteiger partial charge in [0.05, 0.1) is 16.7 Å². The molecule has 0 bridgehead atoms. The van der Waals surface area contributed by atoms with Crippen LogP contribution in [0.5, 0.6) is 0 Å². The smallest absolute Gasteiger partial charge is 0.407 e. The van der Waals surface area contributed by atoms with E-state index in [0.29, 0.717) is 24.9 Å². The maximum atomic E-state index is 11.1. The number of imidazole rings is 1. The van der Waals surface area contributed by atoms with Gasteiger partial charge in [-0.2, -0.15) is 5.10 Å². The third kappa shape index (κ3) is 5.13. The first-order chi connectivity index (χ1) is 18.1. The zero-order chi connectivity index (χ0) is 25.2. The summed E-state index contributed by atoms with van der Waals surface area (Å²) in [5.74, 6) is 1.32. The Morgan fingerprint density at radius 2 is 2.00 bits per heavy atom. The topological polar surface area (TPSA) is 124 Å².